The molecule has 1 aromatic carbocycles. The van der Waals surface area contributed by atoms with Gasteiger partial charge in [0.05, 0.1) is 11.6 Å². The van der Waals surface area contributed by atoms with Crippen molar-refractivity contribution in [2.75, 3.05) is 25.1 Å². The number of carbonyl (C=O) groups excluding carboxylic acids is 1. The summed E-state index contributed by atoms with van der Waals surface area (Å²) in [5.41, 5.74) is 2.41. The van der Waals surface area contributed by atoms with Crippen molar-refractivity contribution < 1.29 is 9.53 Å². The van der Waals surface area contributed by atoms with Crippen LogP contribution in [-0.2, 0) is 4.74 Å². The number of nitrogens with zero attached hydrogens (tertiary/aromatic N) is 2. The summed E-state index contributed by atoms with van der Waals surface area (Å²) in [7, 11) is 0. The number of ether oxygens (including phenoxy) is 1. The first-order valence-corrected chi connectivity index (χ1v) is 6.87. The molecule has 1 aliphatic rings. The van der Waals surface area contributed by atoms with Crippen molar-refractivity contribution in [2.45, 2.75) is 26.2 Å². The van der Waals surface area contributed by atoms with Crippen molar-refractivity contribution in [1.29, 1.82) is 5.26 Å². The van der Waals surface area contributed by atoms with Crippen molar-refractivity contribution in [1.82, 2.24) is 4.90 Å². The van der Waals surface area contributed by atoms with E-state index in [9.17, 15) is 4.79 Å². The second kappa shape index (κ2) is 6.80. The van der Waals surface area contributed by atoms with E-state index in [1.165, 1.54) is 6.42 Å². The van der Waals surface area contributed by atoms with E-state index < -0.39 is 0 Å². The molecule has 5 heteroatoms. The molecule has 0 radical (unpaired) electrons. The third-order valence-corrected chi connectivity index (χ3v) is 3.44. The molecule has 0 aliphatic carbocycles. The Morgan fingerprint density at radius 3 is 2.85 bits per heavy atom. The second-order valence-electron chi connectivity index (χ2n) is 4.92. The number of rotatable bonds is 3. The minimum atomic E-state index is -0.272. The fourth-order valence-electron chi connectivity index (χ4n) is 2.23. The van der Waals surface area contributed by atoms with E-state index in [0.29, 0.717) is 5.56 Å². The first-order chi connectivity index (χ1) is 9.70. The number of aryl methyl sites for hydroxylation is 1. The van der Waals surface area contributed by atoms with E-state index in [-0.39, 0.29) is 12.8 Å². The van der Waals surface area contributed by atoms with Crippen LogP contribution in [-0.4, -0.2) is 30.8 Å². The van der Waals surface area contributed by atoms with Crippen molar-refractivity contribution in [3.8, 4) is 6.07 Å². The van der Waals surface area contributed by atoms with Crippen molar-refractivity contribution >= 4 is 11.8 Å². The predicted molar refractivity (Wildman–Crippen MR) is 76.3 cm³/mol. The molecule has 1 aliphatic heterocycles. The number of nitrogens with one attached hydrogen (secondary N) is 1. The van der Waals surface area contributed by atoms with E-state index in [1.807, 2.05) is 13.0 Å². The van der Waals surface area contributed by atoms with Gasteiger partial charge >= 0.3 is 6.09 Å². The number of piperidine rings is 1. The van der Waals surface area contributed by atoms with E-state index in [1.54, 1.807) is 17.0 Å². The van der Waals surface area contributed by atoms with Gasteiger partial charge in [-0.2, -0.15) is 5.26 Å². The number of amides is 1. The Labute approximate surface area is 119 Å². The minimum absolute atomic E-state index is 0.116. The molecule has 0 bridgehead atoms. The Morgan fingerprint density at radius 2 is 2.15 bits per heavy atom. The Morgan fingerprint density at radius 1 is 1.40 bits per heavy atom. The second-order valence-corrected chi connectivity index (χ2v) is 4.92. The number of hydrogen-bond acceptors (Lipinski definition) is 4. The first-order valence-electron chi connectivity index (χ1n) is 6.87. The summed E-state index contributed by atoms with van der Waals surface area (Å²) in [5.74, 6) is 0. The average molecular weight is 273 g/mol. The minimum Gasteiger partial charge on any atom is -0.428 e. The smallest absolute Gasteiger partial charge is 0.411 e. The van der Waals surface area contributed by atoms with Crippen LogP contribution in [0.2, 0.25) is 0 Å². The summed E-state index contributed by atoms with van der Waals surface area (Å²) >= 11 is 0. The number of nitriles is 1. The van der Waals surface area contributed by atoms with Gasteiger partial charge in [0.1, 0.15) is 0 Å². The molecule has 20 heavy (non-hydrogen) atoms. The van der Waals surface area contributed by atoms with Gasteiger partial charge in [-0.3, -0.25) is 0 Å². The molecule has 0 aromatic heterocycles. The molecule has 0 unspecified atom stereocenters. The normalized spacial score (nSPS) is 14.5. The van der Waals surface area contributed by atoms with Crippen molar-refractivity contribution in [3.63, 3.8) is 0 Å². The van der Waals surface area contributed by atoms with Crippen LogP contribution in [0.1, 0.15) is 30.4 Å². The largest absolute Gasteiger partial charge is 0.428 e. The molecule has 1 amide bonds. The van der Waals surface area contributed by atoms with Crippen LogP contribution >= 0.6 is 0 Å². The maximum absolute atomic E-state index is 11.8. The molecule has 0 atom stereocenters. The number of likely N-dealkylation sites (tertiary alicyclic amines) is 1. The molecule has 1 fully saturated rings. The van der Waals surface area contributed by atoms with Gasteiger partial charge in [-0.15, -0.1) is 0 Å². The molecule has 106 valence electrons. The summed E-state index contributed by atoms with van der Waals surface area (Å²) in [6, 6.07) is 7.48. The van der Waals surface area contributed by atoms with Crippen LogP contribution in [0.4, 0.5) is 10.5 Å². The monoisotopic (exact) mass is 273 g/mol. The number of hydrogen-bond donors (Lipinski definition) is 1. The third-order valence-electron chi connectivity index (χ3n) is 3.44. The fraction of sp³-hybridized carbons (Fsp3) is 0.467. The highest BCUT2D eigenvalue weighted by molar-refractivity contribution is 5.68. The molecule has 1 heterocycles. The number of anilines is 1. The molecule has 5 nitrogen and oxygen atoms in total. The lowest BCUT2D eigenvalue weighted by Crippen LogP contribution is -2.36. The van der Waals surface area contributed by atoms with Gasteiger partial charge in [-0.1, -0.05) is 6.07 Å². The van der Waals surface area contributed by atoms with Crippen molar-refractivity contribution in [3.05, 3.63) is 29.3 Å². The Hall–Kier alpha value is -2.22. The molecule has 1 N–H and O–H groups in total. The highest BCUT2D eigenvalue weighted by Crippen LogP contribution is 2.16. The predicted octanol–water partition coefficient (Wildman–Crippen LogP) is 2.86. The van der Waals surface area contributed by atoms with Gasteiger partial charge in [-0.25, -0.2) is 4.79 Å². The lowest BCUT2D eigenvalue weighted by Gasteiger charge is -2.25. The van der Waals surface area contributed by atoms with E-state index in [2.05, 4.69) is 11.4 Å². The molecule has 0 spiro atoms. The van der Waals surface area contributed by atoms with Crippen LogP contribution in [0.25, 0.3) is 0 Å². The molecule has 1 aromatic rings. The summed E-state index contributed by atoms with van der Waals surface area (Å²) < 4.78 is 5.21. The van der Waals surface area contributed by atoms with Crippen LogP contribution < -0.4 is 5.32 Å². The Bertz CT molecular complexity index is 516. The Kier molecular flexibility index (Phi) is 4.83. The van der Waals surface area contributed by atoms with Crippen molar-refractivity contribution in [2.24, 2.45) is 0 Å². The van der Waals surface area contributed by atoms with E-state index in [4.69, 9.17) is 10.00 Å². The number of benzene rings is 1. The van der Waals surface area contributed by atoms with Gasteiger partial charge in [-0.05, 0) is 43.9 Å². The summed E-state index contributed by atoms with van der Waals surface area (Å²) in [6.45, 7) is 3.62. The van der Waals surface area contributed by atoms with Gasteiger partial charge in [0.2, 0.25) is 0 Å². The first kappa shape index (κ1) is 14.2. The molecular formula is C15H19N3O2. The Balaban J connectivity index is 1.83. The maximum atomic E-state index is 11.8. The van der Waals surface area contributed by atoms with Crippen LogP contribution in [0.5, 0.6) is 0 Å². The molecule has 2 rings (SSSR count). The quantitative estimate of drug-likeness (QED) is 0.860. The lowest BCUT2D eigenvalue weighted by molar-refractivity contribution is 0.101. The molecular weight excluding hydrogens is 254 g/mol. The van der Waals surface area contributed by atoms with E-state index in [0.717, 1.165) is 37.2 Å². The maximum Gasteiger partial charge on any atom is 0.411 e. The standard InChI is InChI=1S/C15H19N3O2/c1-12-5-6-13(10-16)9-14(12)17-11-20-15(19)18-7-3-2-4-8-18/h5-6,9,17H,2-4,7-8,11H2,1H3. The van der Waals surface area contributed by atoms with Crippen LogP contribution in [0, 0.1) is 18.3 Å². The topological polar surface area (TPSA) is 65.4 Å². The number of carbonyl (C=O) groups is 1. The highest BCUT2D eigenvalue weighted by Gasteiger charge is 2.17. The summed E-state index contributed by atoms with van der Waals surface area (Å²) in [4.78, 5) is 13.5. The zero-order chi connectivity index (χ0) is 14.4. The fourth-order valence-corrected chi connectivity index (χ4v) is 2.23. The molecule has 1 saturated heterocycles. The van der Waals surface area contributed by atoms with Gasteiger partial charge < -0.3 is 15.0 Å². The zero-order valence-corrected chi connectivity index (χ0v) is 11.7. The SMILES string of the molecule is Cc1ccc(C#N)cc1NCOC(=O)N1CCCCC1. The highest BCUT2D eigenvalue weighted by atomic mass is 16.6. The van der Waals surface area contributed by atoms with E-state index >= 15 is 0 Å². The van der Waals surface area contributed by atoms with Gasteiger partial charge in [0, 0.05) is 18.8 Å². The summed E-state index contributed by atoms with van der Waals surface area (Å²) in [6.07, 6.45) is 3.01. The van der Waals surface area contributed by atoms with Gasteiger partial charge in [0.25, 0.3) is 0 Å². The molecule has 0 saturated carbocycles. The van der Waals surface area contributed by atoms with Crippen LogP contribution in [0.3, 0.4) is 0 Å². The summed E-state index contributed by atoms with van der Waals surface area (Å²) in [5, 5.41) is 11.9. The third kappa shape index (κ3) is 3.64. The zero-order valence-electron chi connectivity index (χ0n) is 11.7. The average Bonchev–Trinajstić information content (AvgIpc) is 2.50. The van der Waals surface area contributed by atoms with Crippen LogP contribution in [0.15, 0.2) is 18.2 Å². The lowest BCUT2D eigenvalue weighted by atomic mass is 10.1. The van der Waals surface area contributed by atoms with Gasteiger partial charge in [0.15, 0.2) is 6.73 Å².